The Balaban J connectivity index is 3.43. The molecule has 0 saturated heterocycles. The normalized spacial score (nSPS) is 10.2. The number of hydrogen-bond donors (Lipinski definition) is 0. The number of halogens is 1. The molecular formula is C7H15BrN2O. The van der Waals surface area contributed by atoms with Gasteiger partial charge in [0.05, 0.1) is 0 Å². The number of alkyl halides is 1. The predicted molar refractivity (Wildman–Crippen MR) is 50.0 cm³/mol. The van der Waals surface area contributed by atoms with Gasteiger partial charge in [0.2, 0.25) is 6.41 Å². The monoisotopic (exact) mass is 222 g/mol. The van der Waals surface area contributed by atoms with E-state index in [0.717, 1.165) is 31.4 Å². The van der Waals surface area contributed by atoms with Crippen LogP contribution >= 0.6 is 15.9 Å². The van der Waals surface area contributed by atoms with Crippen molar-refractivity contribution in [3.63, 3.8) is 0 Å². The summed E-state index contributed by atoms with van der Waals surface area (Å²) in [5, 5.41) is 0.846. The second kappa shape index (κ2) is 6.61. The molecule has 0 bridgehead atoms. The minimum atomic E-state index is 0.789. The van der Waals surface area contributed by atoms with Crippen molar-refractivity contribution < 1.29 is 4.79 Å². The first-order chi connectivity index (χ1) is 5.20. The van der Waals surface area contributed by atoms with Gasteiger partial charge in [0.15, 0.2) is 0 Å². The molecule has 0 aliphatic rings. The molecule has 0 aromatic heterocycles. The quantitative estimate of drug-likeness (QED) is 0.480. The van der Waals surface area contributed by atoms with Gasteiger partial charge in [-0.15, -0.1) is 0 Å². The Morgan fingerprint density at radius 2 is 1.91 bits per heavy atom. The maximum absolute atomic E-state index is 10.4. The van der Waals surface area contributed by atoms with Crippen LogP contribution in [0.25, 0.3) is 0 Å². The topological polar surface area (TPSA) is 23.6 Å². The molecule has 0 unspecified atom stereocenters. The Hall–Kier alpha value is -0.0900. The molecule has 0 N–H and O–H groups in total. The highest BCUT2D eigenvalue weighted by molar-refractivity contribution is 9.09. The van der Waals surface area contributed by atoms with Crippen LogP contribution in [0, 0.1) is 0 Å². The average molecular weight is 223 g/mol. The van der Waals surface area contributed by atoms with Crippen molar-refractivity contribution in [1.82, 2.24) is 9.80 Å². The lowest BCUT2D eigenvalue weighted by atomic mass is 10.5. The molecule has 0 atom stereocenters. The summed E-state index contributed by atoms with van der Waals surface area (Å²) in [5.41, 5.74) is 0. The molecule has 4 heteroatoms. The number of nitrogens with zero attached hydrogens (tertiary/aromatic N) is 2. The molecule has 0 spiro atoms. The molecule has 0 heterocycles. The predicted octanol–water partition coefficient (Wildman–Crippen LogP) is 0.401. The second-order valence-electron chi connectivity index (χ2n) is 2.63. The maximum atomic E-state index is 10.4. The van der Waals surface area contributed by atoms with Crippen LogP contribution < -0.4 is 0 Å². The summed E-state index contributed by atoms with van der Waals surface area (Å²) in [6.45, 7) is 2.52. The molecule has 0 saturated carbocycles. The highest BCUT2D eigenvalue weighted by Crippen LogP contribution is 1.87. The third-order valence-electron chi connectivity index (χ3n) is 1.36. The van der Waals surface area contributed by atoms with E-state index in [1.54, 1.807) is 4.90 Å². The number of carbonyl (C=O) groups excluding carboxylic acids is 1. The van der Waals surface area contributed by atoms with Gasteiger partial charge in [-0.2, -0.15) is 0 Å². The van der Waals surface area contributed by atoms with Gasteiger partial charge in [0.25, 0.3) is 0 Å². The molecule has 0 aliphatic heterocycles. The van der Waals surface area contributed by atoms with Crippen LogP contribution in [0.15, 0.2) is 0 Å². The van der Waals surface area contributed by atoms with Crippen molar-refractivity contribution in [3.8, 4) is 0 Å². The molecule has 11 heavy (non-hydrogen) atoms. The van der Waals surface area contributed by atoms with E-state index in [0.29, 0.717) is 0 Å². The van der Waals surface area contributed by atoms with Crippen molar-refractivity contribution >= 4 is 22.3 Å². The van der Waals surface area contributed by atoms with Crippen LogP contribution in [0.3, 0.4) is 0 Å². The van der Waals surface area contributed by atoms with Gasteiger partial charge >= 0.3 is 0 Å². The zero-order valence-corrected chi connectivity index (χ0v) is 8.67. The van der Waals surface area contributed by atoms with Gasteiger partial charge in [-0.05, 0) is 14.1 Å². The first kappa shape index (κ1) is 10.9. The number of amides is 1. The Morgan fingerprint density at radius 3 is 2.27 bits per heavy atom. The molecular weight excluding hydrogens is 208 g/mol. The highest BCUT2D eigenvalue weighted by Gasteiger charge is 1.99. The molecule has 0 radical (unpaired) electrons. The standard InChI is InChI=1S/C7H15BrN2O/c1-9(2)5-6-10(7-11)4-3-8/h7H,3-6H2,1-2H3. The van der Waals surface area contributed by atoms with Gasteiger partial charge in [-0.3, -0.25) is 4.79 Å². The van der Waals surface area contributed by atoms with Gasteiger partial charge in [0.1, 0.15) is 0 Å². The molecule has 66 valence electrons. The molecule has 0 aliphatic carbocycles. The summed E-state index contributed by atoms with van der Waals surface area (Å²) < 4.78 is 0. The van der Waals surface area contributed by atoms with Gasteiger partial charge in [0, 0.05) is 25.0 Å². The fourth-order valence-electron chi connectivity index (χ4n) is 0.654. The van der Waals surface area contributed by atoms with Crippen molar-refractivity contribution in [3.05, 3.63) is 0 Å². The van der Waals surface area contributed by atoms with E-state index in [1.165, 1.54) is 0 Å². The number of rotatable bonds is 6. The molecule has 0 fully saturated rings. The van der Waals surface area contributed by atoms with Crippen LogP contribution in [0.5, 0.6) is 0 Å². The first-order valence-corrected chi connectivity index (χ1v) is 4.73. The Bertz CT molecular complexity index is 109. The third-order valence-corrected chi connectivity index (χ3v) is 1.71. The van der Waals surface area contributed by atoms with Crippen LogP contribution in [0.4, 0.5) is 0 Å². The first-order valence-electron chi connectivity index (χ1n) is 3.60. The largest absolute Gasteiger partial charge is 0.343 e. The molecule has 0 rings (SSSR count). The second-order valence-corrected chi connectivity index (χ2v) is 3.43. The van der Waals surface area contributed by atoms with E-state index in [9.17, 15) is 4.79 Å². The Labute approximate surface area is 76.5 Å². The molecule has 3 nitrogen and oxygen atoms in total. The summed E-state index contributed by atoms with van der Waals surface area (Å²) in [7, 11) is 3.99. The van der Waals surface area contributed by atoms with E-state index >= 15 is 0 Å². The minimum absolute atomic E-state index is 0.789. The van der Waals surface area contributed by atoms with E-state index in [2.05, 4.69) is 20.8 Å². The highest BCUT2D eigenvalue weighted by atomic mass is 79.9. The van der Waals surface area contributed by atoms with Gasteiger partial charge in [-0.25, -0.2) is 0 Å². The number of hydrogen-bond acceptors (Lipinski definition) is 2. The zero-order valence-electron chi connectivity index (χ0n) is 7.09. The van der Waals surface area contributed by atoms with E-state index < -0.39 is 0 Å². The zero-order chi connectivity index (χ0) is 8.69. The Morgan fingerprint density at radius 1 is 1.27 bits per heavy atom. The smallest absolute Gasteiger partial charge is 0.209 e. The average Bonchev–Trinajstić information content (AvgIpc) is 1.97. The van der Waals surface area contributed by atoms with E-state index in [4.69, 9.17) is 0 Å². The fraction of sp³-hybridized carbons (Fsp3) is 0.857. The molecule has 0 aromatic carbocycles. The summed E-state index contributed by atoms with van der Waals surface area (Å²) in [4.78, 5) is 14.2. The van der Waals surface area contributed by atoms with Crippen LogP contribution in [-0.4, -0.2) is 55.3 Å². The third kappa shape index (κ3) is 6.31. The lowest BCUT2D eigenvalue weighted by molar-refractivity contribution is -0.118. The minimum Gasteiger partial charge on any atom is -0.343 e. The summed E-state index contributed by atoms with van der Waals surface area (Å²) in [5.74, 6) is 0. The van der Waals surface area contributed by atoms with Crippen molar-refractivity contribution in [2.24, 2.45) is 0 Å². The SMILES string of the molecule is CN(C)CCN(C=O)CCBr. The lowest BCUT2D eigenvalue weighted by Crippen LogP contribution is -2.31. The number of carbonyl (C=O) groups is 1. The summed E-state index contributed by atoms with van der Waals surface area (Å²) >= 11 is 3.28. The fourth-order valence-corrected chi connectivity index (χ4v) is 1.11. The van der Waals surface area contributed by atoms with Crippen molar-refractivity contribution in [1.29, 1.82) is 0 Å². The van der Waals surface area contributed by atoms with Crippen molar-refractivity contribution in [2.45, 2.75) is 0 Å². The number of likely N-dealkylation sites (N-methyl/N-ethyl adjacent to an activating group) is 1. The Kier molecular flexibility index (Phi) is 6.56. The van der Waals surface area contributed by atoms with E-state index in [1.807, 2.05) is 14.1 Å². The van der Waals surface area contributed by atoms with Crippen LogP contribution in [0.1, 0.15) is 0 Å². The maximum Gasteiger partial charge on any atom is 0.209 e. The van der Waals surface area contributed by atoms with Gasteiger partial charge < -0.3 is 9.80 Å². The van der Waals surface area contributed by atoms with Crippen molar-refractivity contribution in [2.75, 3.05) is 39.1 Å². The summed E-state index contributed by atoms with van der Waals surface area (Å²) in [6.07, 6.45) is 0.894. The summed E-state index contributed by atoms with van der Waals surface area (Å²) in [6, 6.07) is 0. The van der Waals surface area contributed by atoms with E-state index in [-0.39, 0.29) is 0 Å². The van der Waals surface area contributed by atoms with Crippen LogP contribution in [-0.2, 0) is 4.79 Å². The molecule has 0 aromatic rings. The van der Waals surface area contributed by atoms with Crippen LogP contribution in [0.2, 0.25) is 0 Å². The molecule has 1 amide bonds. The van der Waals surface area contributed by atoms with Gasteiger partial charge in [-0.1, -0.05) is 15.9 Å². The lowest BCUT2D eigenvalue weighted by Gasteiger charge is -2.18.